The van der Waals surface area contributed by atoms with E-state index in [9.17, 15) is 4.39 Å². The molecule has 0 aromatic heterocycles. The third-order valence-corrected chi connectivity index (χ3v) is 2.38. The monoisotopic (exact) mass is 295 g/mol. The van der Waals surface area contributed by atoms with Gasteiger partial charge in [-0.3, -0.25) is 0 Å². The Balaban J connectivity index is 2.87. The van der Waals surface area contributed by atoms with Crippen molar-refractivity contribution in [3.8, 4) is 0 Å². The van der Waals surface area contributed by atoms with Crippen molar-refractivity contribution >= 4 is 22.6 Å². The number of hydrogen-bond donors (Lipinski definition) is 2. The summed E-state index contributed by atoms with van der Waals surface area (Å²) in [6.45, 7) is 0.0221. The summed E-state index contributed by atoms with van der Waals surface area (Å²) in [5.74, 6) is -0.282. The van der Waals surface area contributed by atoms with Crippen molar-refractivity contribution in [2.45, 2.75) is 12.5 Å². The molecule has 0 aliphatic heterocycles. The molecule has 0 aliphatic rings. The summed E-state index contributed by atoms with van der Waals surface area (Å²) in [6, 6.07) is 4.39. The highest BCUT2D eigenvalue weighted by Gasteiger charge is 2.07. The van der Waals surface area contributed by atoms with Crippen LogP contribution in [0.1, 0.15) is 18.0 Å². The van der Waals surface area contributed by atoms with Crippen LogP contribution in [0.3, 0.4) is 0 Å². The molecule has 3 N–H and O–H groups in total. The Labute approximate surface area is 90.1 Å². The molecule has 0 unspecified atom stereocenters. The first-order valence-electron chi connectivity index (χ1n) is 3.96. The van der Waals surface area contributed by atoms with E-state index in [1.165, 1.54) is 12.1 Å². The Morgan fingerprint density at radius 2 is 2.15 bits per heavy atom. The minimum absolute atomic E-state index is 0.0221. The standard InChI is InChI=1S/C9H11FINO/c10-7-3-6(4-8(11)5-7)9(12)1-2-13/h3-5,9,13H,1-2,12H2/t9-/m1/s1. The van der Waals surface area contributed by atoms with Crippen LogP contribution in [-0.2, 0) is 0 Å². The first-order chi connectivity index (χ1) is 6.13. The maximum absolute atomic E-state index is 12.9. The molecule has 1 aromatic carbocycles. The van der Waals surface area contributed by atoms with Gasteiger partial charge in [0.2, 0.25) is 0 Å². The number of aliphatic hydroxyl groups excluding tert-OH is 1. The van der Waals surface area contributed by atoms with Gasteiger partial charge in [0.05, 0.1) is 0 Å². The summed E-state index contributed by atoms with van der Waals surface area (Å²) in [4.78, 5) is 0. The third kappa shape index (κ3) is 3.21. The number of aliphatic hydroxyl groups is 1. The molecule has 0 saturated carbocycles. The van der Waals surface area contributed by atoms with E-state index in [0.717, 1.165) is 9.13 Å². The van der Waals surface area contributed by atoms with Crippen LogP contribution in [-0.4, -0.2) is 11.7 Å². The first kappa shape index (κ1) is 10.9. The zero-order chi connectivity index (χ0) is 9.84. The molecular weight excluding hydrogens is 284 g/mol. The van der Waals surface area contributed by atoms with E-state index < -0.39 is 0 Å². The van der Waals surface area contributed by atoms with Gasteiger partial charge in [-0.2, -0.15) is 0 Å². The Bertz CT molecular complexity index is 273. The molecule has 13 heavy (non-hydrogen) atoms. The molecule has 0 bridgehead atoms. The molecule has 0 saturated heterocycles. The minimum Gasteiger partial charge on any atom is -0.396 e. The molecule has 0 heterocycles. The van der Waals surface area contributed by atoms with Gasteiger partial charge >= 0.3 is 0 Å². The second-order valence-electron chi connectivity index (χ2n) is 2.82. The fraction of sp³-hybridized carbons (Fsp3) is 0.333. The van der Waals surface area contributed by atoms with Gasteiger partial charge in [0.1, 0.15) is 5.82 Å². The first-order valence-corrected chi connectivity index (χ1v) is 5.04. The molecule has 0 aliphatic carbocycles. The maximum atomic E-state index is 12.9. The van der Waals surface area contributed by atoms with Gasteiger partial charge < -0.3 is 10.8 Å². The summed E-state index contributed by atoms with van der Waals surface area (Å²) >= 11 is 2.03. The van der Waals surface area contributed by atoms with E-state index in [4.69, 9.17) is 10.8 Å². The van der Waals surface area contributed by atoms with Crippen molar-refractivity contribution in [3.63, 3.8) is 0 Å². The van der Waals surface area contributed by atoms with Crippen LogP contribution in [0.2, 0.25) is 0 Å². The van der Waals surface area contributed by atoms with Crippen LogP contribution in [0.15, 0.2) is 18.2 Å². The summed E-state index contributed by atoms with van der Waals surface area (Å²) in [5.41, 5.74) is 6.45. The topological polar surface area (TPSA) is 46.2 Å². The average Bonchev–Trinajstić information content (AvgIpc) is 2.03. The van der Waals surface area contributed by atoms with E-state index in [1.807, 2.05) is 28.7 Å². The highest BCUT2D eigenvalue weighted by Crippen LogP contribution is 2.18. The highest BCUT2D eigenvalue weighted by molar-refractivity contribution is 14.1. The molecule has 0 amide bonds. The Hall–Kier alpha value is -0.200. The van der Waals surface area contributed by atoms with Crippen LogP contribution in [0.5, 0.6) is 0 Å². The van der Waals surface area contributed by atoms with Crippen molar-refractivity contribution in [1.29, 1.82) is 0 Å². The Morgan fingerprint density at radius 1 is 1.46 bits per heavy atom. The van der Waals surface area contributed by atoms with Crippen molar-refractivity contribution in [1.82, 2.24) is 0 Å². The quantitative estimate of drug-likeness (QED) is 0.836. The number of halogens is 2. The lowest BCUT2D eigenvalue weighted by Crippen LogP contribution is -2.12. The van der Waals surface area contributed by atoms with Gasteiger partial charge in [0, 0.05) is 16.2 Å². The summed E-state index contributed by atoms with van der Waals surface area (Å²) in [6.07, 6.45) is 0.458. The van der Waals surface area contributed by atoms with Crippen LogP contribution in [0.25, 0.3) is 0 Å². The van der Waals surface area contributed by atoms with E-state index in [-0.39, 0.29) is 18.5 Å². The van der Waals surface area contributed by atoms with E-state index in [0.29, 0.717) is 6.42 Å². The lowest BCUT2D eigenvalue weighted by molar-refractivity contribution is 0.276. The van der Waals surface area contributed by atoms with Gasteiger partial charge in [-0.25, -0.2) is 4.39 Å². The maximum Gasteiger partial charge on any atom is 0.124 e. The fourth-order valence-electron chi connectivity index (χ4n) is 1.09. The van der Waals surface area contributed by atoms with Crippen LogP contribution in [0, 0.1) is 9.39 Å². The summed E-state index contributed by atoms with van der Waals surface area (Å²) in [7, 11) is 0. The Kier molecular flexibility index (Phi) is 4.08. The molecule has 0 radical (unpaired) electrons. The molecule has 1 rings (SSSR count). The average molecular weight is 295 g/mol. The van der Waals surface area contributed by atoms with E-state index >= 15 is 0 Å². The zero-order valence-corrected chi connectivity index (χ0v) is 9.16. The lowest BCUT2D eigenvalue weighted by atomic mass is 10.1. The summed E-state index contributed by atoms with van der Waals surface area (Å²) < 4.78 is 13.7. The molecular formula is C9H11FINO. The van der Waals surface area contributed by atoms with Gasteiger partial charge in [-0.15, -0.1) is 0 Å². The Morgan fingerprint density at radius 3 is 2.69 bits per heavy atom. The molecule has 0 spiro atoms. The molecule has 2 nitrogen and oxygen atoms in total. The lowest BCUT2D eigenvalue weighted by Gasteiger charge is -2.10. The van der Waals surface area contributed by atoms with Crippen LogP contribution < -0.4 is 5.73 Å². The van der Waals surface area contributed by atoms with Crippen molar-refractivity contribution in [2.75, 3.05) is 6.61 Å². The predicted molar refractivity (Wildman–Crippen MR) is 57.7 cm³/mol. The van der Waals surface area contributed by atoms with Crippen LogP contribution >= 0.6 is 22.6 Å². The van der Waals surface area contributed by atoms with Crippen molar-refractivity contribution < 1.29 is 9.50 Å². The van der Waals surface area contributed by atoms with Crippen LogP contribution in [0.4, 0.5) is 4.39 Å². The van der Waals surface area contributed by atoms with Gasteiger partial charge in [-0.05, 0) is 52.8 Å². The second kappa shape index (κ2) is 4.88. The fourth-order valence-corrected chi connectivity index (χ4v) is 1.75. The van der Waals surface area contributed by atoms with Crippen molar-refractivity contribution in [3.05, 3.63) is 33.1 Å². The molecule has 1 atom stereocenters. The van der Waals surface area contributed by atoms with E-state index in [1.54, 1.807) is 0 Å². The molecule has 0 fully saturated rings. The second-order valence-corrected chi connectivity index (χ2v) is 4.07. The smallest absolute Gasteiger partial charge is 0.124 e. The summed E-state index contributed by atoms with van der Waals surface area (Å²) in [5, 5.41) is 8.66. The predicted octanol–water partition coefficient (Wildman–Crippen LogP) is 1.81. The van der Waals surface area contributed by atoms with Gasteiger partial charge in [-0.1, -0.05) is 0 Å². The van der Waals surface area contributed by atoms with Gasteiger partial charge in [0.25, 0.3) is 0 Å². The third-order valence-electron chi connectivity index (χ3n) is 1.75. The number of rotatable bonds is 3. The molecule has 4 heteroatoms. The highest BCUT2D eigenvalue weighted by atomic mass is 127. The normalized spacial score (nSPS) is 12.9. The van der Waals surface area contributed by atoms with Crippen molar-refractivity contribution in [2.24, 2.45) is 5.73 Å². The number of hydrogen-bond acceptors (Lipinski definition) is 2. The molecule has 1 aromatic rings. The van der Waals surface area contributed by atoms with Gasteiger partial charge in [0.15, 0.2) is 0 Å². The molecule has 72 valence electrons. The SMILES string of the molecule is N[C@H](CCO)c1cc(F)cc(I)c1. The largest absolute Gasteiger partial charge is 0.396 e. The zero-order valence-electron chi connectivity index (χ0n) is 7.00. The number of nitrogens with two attached hydrogens (primary N) is 1. The van der Waals surface area contributed by atoms with E-state index in [2.05, 4.69) is 0 Å². The minimum atomic E-state index is -0.283. The number of benzene rings is 1.